The maximum atomic E-state index is 11.4. The lowest BCUT2D eigenvalue weighted by molar-refractivity contribution is -0.120. The van der Waals surface area contributed by atoms with Crippen molar-refractivity contribution in [3.05, 3.63) is 11.1 Å². The van der Waals surface area contributed by atoms with Crippen molar-refractivity contribution in [2.24, 2.45) is 0 Å². The fourth-order valence-electron chi connectivity index (χ4n) is 1.29. The number of anilines is 1. The highest BCUT2D eigenvalue weighted by Crippen LogP contribution is 2.15. The quantitative estimate of drug-likeness (QED) is 0.710. The third-order valence-corrected chi connectivity index (χ3v) is 2.99. The second kappa shape index (κ2) is 8.47. The fourth-order valence-corrected chi connectivity index (χ4v) is 2.00. The first-order valence-corrected chi connectivity index (χ1v) is 7.18. The van der Waals surface area contributed by atoms with Crippen LogP contribution < -0.4 is 10.6 Å². The molecule has 1 heterocycles. The van der Waals surface area contributed by atoms with Gasteiger partial charge in [-0.05, 0) is 13.3 Å². The summed E-state index contributed by atoms with van der Waals surface area (Å²) in [7, 11) is 0. The highest BCUT2D eigenvalue weighted by Gasteiger charge is 2.11. The van der Waals surface area contributed by atoms with Crippen molar-refractivity contribution in [3.63, 3.8) is 0 Å². The Labute approximate surface area is 116 Å². The molecule has 1 aromatic rings. The molecule has 106 valence electrons. The van der Waals surface area contributed by atoms with Crippen LogP contribution in [0, 0.1) is 0 Å². The molecule has 2 N–H and O–H groups in total. The molecule has 1 aromatic heterocycles. The van der Waals surface area contributed by atoms with Gasteiger partial charge in [0.2, 0.25) is 5.91 Å². The minimum absolute atomic E-state index is 0.0107. The van der Waals surface area contributed by atoms with Crippen molar-refractivity contribution in [1.82, 2.24) is 10.3 Å². The molecule has 0 saturated carbocycles. The van der Waals surface area contributed by atoms with Crippen molar-refractivity contribution in [1.29, 1.82) is 0 Å². The number of aromatic nitrogens is 1. The van der Waals surface area contributed by atoms with Crippen LogP contribution in [-0.4, -0.2) is 36.6 Å². The number of hydrogen-bond acceptors (Lipinski definition) is 6. The van der Waals surface area contributed by atoms with Crippen molar-refractivity contribution in [2.45, 2.75) is 26.7 Å². The monoisotopic (exact) mass is 285 g/mol. The maximum absolute atomic E-state index is 11.4. The molecular weight excluding hydrogens is 266 g/mol. The molecular formula is C12H19N3O3S. The lowest BCUT2D eigenvalue weighted by atomic mass is 10.4. The highest BCUT2D eigenvalue weighted by molar-refractivity contribution is 7.13. The smallest absolute Gasteiger partial charge is 0.357 e. The molecule has 0 aliphatic carbocycles. The van der Waals surface area contributed by atoms with Gasteiger partial charge >= 0.3 is 5.97 Å². The summed E-state index contributed by atoms with van der Waals surface area (Å²) in [6, 6.07) is 0. The molecule has 0 saturated heterocycles. The molecule has 0 aromatic carbocycles. The second-order valence-corrected chi connectivity index (χ2v) is 4.64. The van der Waals surface area contributed by atoms with Crippen molar-refractivity contribution < 1.29 is 14.3 Å². The van der Waals surface area contributed by atoms with Crippen molar-refractivity contribution >= 4 is 28.3 Å². The lowest BCUT2D eigenvalue weighted by Gasteiger charge is -2.04. The van der Waals surface area contributed by atoms with Crippen LogP contribution in [-0.2, 0) is 9.53 Å². The number of ether oxygens (including phenoxy) is 1. The number of nitrogens with one attached hydrogen (secondary N) is 2. The van der Waals surface area contributed by atoms with Gasteiger partial charge in [0.15, 0.2) is 10.8 Å². The summed E-state index contributed by atoms with van der Waals surface area (Å²) < 4.78 is 4.84. The third kappa shape index (κ3) is 5.69. The number of hydrogen-bond donors (Lipinski definition) is 2. The van der Waals surface area contributed by atoms with Crippen molar-refractivity contribution in [2.75, 3.05) is 25.0 Å². The average Bonchev–Trinajstić information content (AvgIpc) is 2.85. The Hall–Kier alpha value is -1.63. The number of rotatable bonds is 8. The molecule has 19 heavy (non-hydrogen) atoms. The van der Waals surface area contributed by atoms with E-state index < -0.39 is 5.97 Å². The van der Waals surface area contributed by atoms with Crippen LogP contribution in [0.3, 0.4) is 0 Å². The summed E-state index contributed by atoms with van der Waals surface area (Å²) in [6.07, 6.45) is 1.31. The van der Waals surface area contributed by atoms with Gasteiger partial charge in [-0.15, -0.1) is 11.3 Å². The topological polar surface area (TPSA) is 80.3 Å². The molecule has 0 aliphatic rings. The number of carbonyl (C=O) groups is 2. The SMILES string of the molecule is CCCNC(=O)CCNc1nc(C(=O)OCC)cs1. The van der Waals surface area contributed by atoms with Gasteiger partial charge in [-0.2, -0.15) is 0 Å². The Balaban J connectivity index is 2.30. The molecule has 0 bridgehead atoms. The van der Waals surface area contributed by atoms with E-state index in [0.717, 1.165) is 6.42 Å². The van der Waals surface area contributed by atoms with Gasteiger partial charge in [-0.25, -0.2) is 9.78 Å². The zero-order valence-electron chi connectivity index (χ0n) is 11.2. The molecule has 0 unspecified atom stereocenters. The van der Waals surface area contributed by atoms with Crippen LogP contribution in [0.25, 0.3) is 0 Å². The number of carbonyl (C=O) groups excluding carboxylic acids is 2. The molecule has 0 aliphatic heterocycles. The Morgan fingerprint density at radius 3 is 2.84 bits per heavy atom. The summed E-state index contributed by atoms with van der Waals surface area (Å²) in [5.74, 6) is -0.413. The number of thiazole rings is 1. The first-order valence-electron chi connectivity index (χ1n) is 6.30. The van der Waals surface area contributed by atoms with E-state index in [1.54, 1.807) is 12.3 Å². The Morgan fingerprint density at radius 2 is 2.16 bits per heavy atom. The van der Waals surface area contributed by atoms with Crippen LogP contribution in [0.1, 0.15) is 37.2 Å². The van der Waals surface area contributed by atoms with E-state index >= 15 is 0 Å². The van der Waals surface area contributed by atoms with Crippen molar-refractivity contribution in [3.8, 4) is 0 Å². The molecule has 1 amide bonds. The fraction of sp³-hybridized carbons (Fsp3) is 0.583. The molecule has 1 rings (SSSR count). The maximum Gasteiger partial charge on any atom is 0.357 e. The first kappa shape index (κ1) is 15.4. The third-order valence-electron chi connectivity index (χ3n) is 2.19. The number of nitrogens with zero attached hydrogens (tertiary/aromatic N) is 1. The van der Waals surface area contributed by atoms with Gasteiger partial charge in [-0.1, -0.05) is 6.92 Å². The number of esters is 1. The zero-order valence-corrected chi connectivity index (χ0v) is 12.0. The number of amides is 1. The molecule has 0 atom stereocenters. The Bertz CT molecular complexity index is 420. The molecule has 0 spiro atoms. The predicted octanol–water partition coefficient (Wildman–Crippen LogP) is 1.65. The van der Waals surface area contributed by atoms with E-state index in [0.29, 0.717) is 36.9 Å². The van der Waals surface area contributed by atoms with E-state index in [2.05, 4.69) is 15.6 Å². The van der Waals surface area contributed by atoms with E-state index in [1.807, 2.05) is 6.92 Å². The van der Waals surface area contributed by atoms with E-state index in [-0.39, 0.29) is 5.91 Å². The minimum Gasteiger partial charge on any atom is -0.461 e. The Kier molecular flexibility index (Phi) is 6.88. The van der Waals surface area contributed by atoms with Crippen LogP contribution >= 0.6 is 11.3 Å². The summed E-state index contributed by atoms with van der Waals surface area (Å²) in [5.41, 5.74) is 0.296. The first-order chi connectivity index (χ1) is 9.17. The zero-order chi connectivity index (χ0) is 14.1. The van der Waals surface area contributed by atoms with Gasteiger partial charge in [0.1, 0.15) is 0 Å². The standard InChI is InChI=1S/C12H19N3O3S/c1-3-6-13-10(16)5-7-14-12-15-9(8-19-12)11(17)18-4-2/h8H,3-7H2,1-2H3,(H,13,16)(H,14,15). The van der Waals surface area contributed by atoms with Gasteiger partial charge in [0.25, 0.3) is 0 Å². The summed E-state index contributed by atoms with van der Waals surface area (Å²) >= 11 is 1.32. The van der Waals surface area contributed by atoms with Gasteiger partial charge in [0, 0.05) is 24.9 Å². The molecule has 6 nitrogen and oxygen atoms in total. The van der Waals surface area contributed by atoms with Crippen LogP contribution in [0.5, 0.6) is 0 Å². The van der Waals surface area contributed by atoms with E-state index in [1.165, 1.54) is 11.3 Å². The summed E-state index contributed by atoms with van der Waals surface area (Å²) in [6.45, 7) is 5.27. The average molecular weight is 285 g/mol. The second-order valence-electron chi connectivity index (χ2n) is 3.79. The van der Waals surface area contributed by atoms with Gasteiger partial charge in [-0.3, -0.25) is 4.79 Å². The predicted molar refractivity (Wildman–Crippen MR) is 74.5 cm³/mol. The molecule has 0 radical (unpaired) electrons. The normalized spacial score (nSPS) is 10.0. The van der Waals surface area contributed by atoms with Gasteiger partial charge in [0.05, 0.1) is 6.61 Å². The van der Waals surface area contributed by atoms with Crippen LogP contribution in [0.4, 0.5) is 5.13 Å². The lowest BCUT2D eigenvalue weighted by Crippen LogP contribution is -2.25. The summed E-state index contributed by atoms with van der Waals surface area (Å²) in [4.78, 5) is 26.8. The molecule has 0 fully saturated rings. The van der Waals surface area contributed by atoms with Crippen LogP contribution in [0.2, 0.25) is 0 Å². The van der Waals surface area contributed by atoms with E-state index in [4.69, 9.17) is 4.74 Å². The highest BCUT2D eigenvalue weighted by atomic mass is 32.1. The minimum atomic E-state index is -0.424. The molecule has 7 heteroatoms. The van der Waals surface area contributed by atoms with Crippen LogP contribution in [0.15, 0.2) is 5.38 Å². The van der Waals surface area contributed by atoms with Gasteiger partial charge < -0.3 is 15.4 Å². The Morgan fingerprint density at radius 1 is 1.37 bits per heavy atom. The summed E-state index contributed by atoms with van der Waals surface area (Å²) in [5, 5.41) is 8.05. The van der Waals surface area contributed by atoms with E-state index in [9.17, 15) is 9.59 Å². The largest absolute Gasteiger partial charge is 0.461 e.